The van der Waals surface area contributed by atoms with Gasteiger partial charge in [-0.3, -0.25) is 0 Å². The molecule has 0 saturated heterocycles. The van der Waals surface area contributed by atoms with E-state index < -0.39 is 0 Å². The number of nitrogens with two attached hydrogens (primary N) is 2. The van der Waals surface area contributed by atoms with Crippen LogP contribution in [0.3, 0.4) is 0 Å². The normalized spacial score (nSPS) is 11.0. The van der Waals surface area contributed by atoms with Crippen LogP contribution in [0.25, 0.3) is 0 Å². The summed E-state index contributed by atoms with van der Waals surface area (Å²) in [6.07, 6.45) is 22.1. The van der Waals surface area contributed by atoms with E-state index in [0.29, 0.717) is 17.1 Å². The lowest BCUT2D eigenvalue weighted by Gasteiger charge is -2.09. The zero-order valence-corrected chi connectivity index (χ0v) is 21.5. The average Bonchev–Trinajstić information content (AvgIpc) is 2.81. The van der Waals surface area contributed by atoms with E-state index >= 15 is 0 Å². The SMILES string of the molecule is CCCCCCCCCCCCCCCCCCOc1ccc(Oc2cc(N)cc(N)c2)cc1. The molecule has 0 aromatic heterocycles. The van der Waals surface area contributed by atoms with Crippen LogP contribution in [0, 0.1) is 0 Å². The Morgan fingerprint density at radius 1 is 0.500 bits per heavy atom. The molecule has 0 aliphatic carbocycles. The molecule has 2 rings (SSSR count). The summed E-state index contributed by atoms with van der Waals surface area (Å²) in [7, 11) is 0. The largest absolute Gasteiger partial charge is 0.494 e. The third-order valence-corrected chi connectivity index (χ3v) is 6.28. The van der Waals surface area contributed by atoms with Gasteiger partial charge in [-0.15, -0.1) is 0 Å². The summed E-state index contributed by atoms with van der Waals surface area (Å²) >= 11 is 0. The molecule has 0 bridgehead atoms. The number of nitrogen functional groups attached to an aromatic ring is 2. The molecule has 0 atom stereocenters. The third-order valence-electron chi connectivity index (χ3n) is 6.28. The van der Waals surface area contributed by atoms with Gasteiger partial charge in [0.15, 0.2) is 0 Å². The van der Waals surface area contributed by atoms with Gasteiger partial charge < -0.3 is 20.9 Å². The van der Waals surface area contributed by atoms with E-state index in [1.807, 2.05) is 24.3 Å². The molecule has 0 saturated carbocycles. The Balaban J connectivity index is 1.40. The van der Waals surface area contributed by atoms with Crippen molar-refractivity contribution in [3.63, 3.8) is 0 Å². The lowest BCUT2D eigenvalue weighted by atomic mass is 10.0. The summed E-state index contributed by atoms with van der Waals surface area (Å²) in [6.45, 7) is 3.05. The van der Waals surface area contributed by atoms with Gasteiger partial charge in [0.1, 0.15) is 17.2 Å². The summed E-state index contributed by atoms with van der Waals surface area (Å²) in [4.78, 5) is 0. The lowest BCUT2D eigenvalue weighted by Crippen LogP contribution is -1.97. The highest BCUT2D eigenvalue weighted by Gasteiger charge is 2.02. The number of ether oxygens (including phenoxy) is 2. The number of benzene rings is 2. The standard InChI is InChI=1S/C30H48N2O2/c1-2-3-4-5-6-7-8-9-10-11-12-13-14-15-16-17-22-33-28-18-20-29(21-19-28)34-30-24-26(31)23-27(32)25-30/h18-21,23-25H,2-17,22,31-32H2,1H3. The van der Waals surface area contributed by atoms with Crippen LogP contribution in [0.15, 0.2) is 42.5 Å². The second-order valence-corrected chi connectivity index (χ2v) is 9.56. The molecule has 0 aliphatic rings. The van der Waals surface area contributed by atoms with Crippen LogP contribution in [-0.4, -0.2) is 6.61 Å². The van der Waals surface area contributed by atoms with Crippen LogP contribution in [0.1, 0.15) is 110 Å². The van der Waals surface area contributed by atoms with Gasteiger partial charge in [0, 0.05) is 23.5 Å². The van der Waals surface area contributed by atoms with Crippen molar-refractivity contribution in [2.24, 2.45) is 0 Å². The van der Waals surface area contributed by atoms with Gasteiger partial charge in [-0.25, -0.2) is 0 Å². The highest BCUT2D eigenvalue weighted by molar-refractivity contribution is 5.57. The second-order valence-electron chi connectivity index (χ2n) is 9.56. The first kappa shape index (κ1) is 27.9. The maximum absolute atomic E-state index is 5.87. The Bertz CT molecular complexity index is 741. The molecule has 2 aromatic carbocycles. The number of anilines is 2. The van der Waals surface area contributed by atoms with E-state index in [1.165, 1.54) is 96.3 Å². The van der Waals surface area contributed by atoms with Gasteiger partial charge in [0.25, 0.3) is 0 Å². The fourth-order valence-corrected chi connectivity index (χ4v) is 4.29. The van der Waals surface area contributed by atoms with Crippen LogP contribution in [-0.2, 0) is 0 Å². The summed E-state index contributed by atoms with van der Waals surface area (Å²) in [5.41, 5.74) is 12.8. The molecule has 0 amide bonds. The molecular formula is C30H48N2O2. The second kappa shape index (κ2) is 18.0. The van der Waals surface area contributed by atoms with E-state index in [4.69, 9.17) is 20.9 Å². The maximum atomic E-state index is 5.87. The molecule has 2 aromatic rings. The fraction of sp³-hybridized carbons (Fsp3) is 0.600. The molecule has 4 nitrogen and oxygen atoms in total. The predicted octanol–water partition coefficient (Wildman–Crippen LogP) is 9.28. The van der Waals surface area contributed by atoms with E-state index in [9.17, 15) is 0 Å². The smallest absolute Gasteiger partial charge is 0.131 e. The monoisotopic (exact) mass is 468 g/mol. The Morgan fingerprint density at radius 2 is 0.912 bits per heavy atom. The highest BCUT2D eigenvalue weighted by atomic mass is 16.5. The first-order valence-corrected chi connectivity index (χ1v) is 13.7. The summed E-state index contributed by atoms with van der Waals surface area (Å²) in [5, 5.41) is 0. The minimum Gasteiger partial charge on any atom is -0.494 e. The Kier molecular flexibility index (Phi) is 14.8. The summed E-state index contributed by atoms with van der Waals surface area (Å²) in [6, 6.07) is 12.9. The van der Waals surface area contributed by atoms with Crippen molar-refractivity contribution in [1.29, 1.82) is 0 Å². The van der Waals surface area contributed by atoms with E-state index in [1.54, 1.807) is 18.2 Å². The van der Waals surface area contributed by atoms with Crippen LogP contribution < -0.4 is 20.9 Å². The van der Waals surface area contributed by atoms with Gasteiger partial charge in [0.05, 0.1) is 6.61 Å². The van der Waals surface area contributed by atoms with Gasteiger partial charge in [-0.05, 0) is 36.8 Å². The van der Waals surface area contributed by atoms with E-state index in [2.05, 4.69) is 6.92 Å². The van der Waals surface area contributed by atoms with Gasteiger partial charge in [-0.2, -0.15) is 0 Å². The molecule has 4 heteroatoms. The molecule has 0 spiro atoms. The summed E-state index contributed by atoms with van der Waals surface area (Å²) in [5.74, 6) is 2.25. The van der Waals surface area contributed by atoms with Crippen molar-refractivity contribution in [1.82, 2.24) is 0 Å². The molecular weight excluding hydrogens is 420 g/mol. The van der Waals surface area contributed by atoms with Crippen molar-refractivity contribution in [2.45, 2.75) is 110 Å². The molecule has 0 radical (unpaired) electrons. The lowest BCUT2D eigenvalue weighted by molar-refractivity contribution is 0.304. The average molecular weight is 469 g/mol. The van der Waals surface area contributed by atoms with Crippen molar-refractivity contribution < 1.29 is 9.47 Å². The first-order chi connectivity index (χ1) is 16.7. The van der Waals surface area contributed by atoms with Gasteiger partial charge >= 0.3 is 0 Å². The van der Waals surface area contributed by atoms with E-state index in [-0.39, 0.29) is 0 Å². The first-order valence-electron chi connectivity index (χ1n) is 13.7. The molecule has 0 heterocycles. The number of hydrogen-bond donors (Lipinski definition) is 2. The van der Waals surface area contributed by atoms with E-state index in [0.717, 1.165) is 24.5 Å². The van der Waals surface area contributed by atoms with Gasteiger partial charge in [0.2, 0.25) is 0 Å². The minimum absolute atomic E-state index is 0.591. The van der Waals surface area contributed by atoms with Crippen LogP contribution in [0.4, 0.5) is 11.4 Å². The molecule has 4 N–H and O–H groups in total. The molecule has 0 unspecified atom stereocenters. The highest BCUT2D eigenvalue weighted by Crippen LogP contribution is 2.27. The predicted molar refractivity (Wildman–Crippen MR) is 147 cm³/mol. The Labute approximate surface area is 208 Å². The zero-order chi connectivity index (χ0) is 24.3. The summed E-state index contributed by atoms with van der Waals surface area (Å²) < 4.78 is 11.7. The van der Waals surface area contributed by atoms with Crippen molar-refractivity contribution in [3.8, 4) is 17.2 Å². The number of unbranched alkanes of at least 4 members (excludes halogenated alkanes) is 15. The van der Waals surface area contributed by atoms with Crippen LogP contribution in [0.2, 0.25) is 0 Å². The number of hydrogen-bond acceptors (Lipinski definition) is 4. The zero-order valence-electron chi connectivity index (χ0n) is 21.5. The molecule has 0 fully saturated rings. The van der Waals surface area contributed by atoms with Gasteiger partial charge in [-0.1, -0.05) is 103 Å². The van der Waals surface area contributed by atoms with Crippen LogP contribution in [0.5, 0.6) is 17.2 Å². The topological polar surface area (TPSA) is 70.5 Å². The minimum atomic E-state index is 0.591. The maximum Gasteiger partial charge on any atom is 0.131 e. The fourth-order valence-electron chi connectivity index (χ4n) is 4.29. The Hall–Kier alpha value is -2.36. The van der Waals surface area contributed by atoms with Crippen LogP contribution >= 0.6 is 0 Å². The van der Waals surface area contributed by atoms with Crippen molar-refractivity contribution in [2.75, 3.05) is 18.1 Å². The molecule has 34 heavy (non-hydrogen) atoms. The molecule has 0 aliphatic heterocycles. The Morgan fingerprint density at radius 3 is 1.38 bits per heavy atom. The number of rotatable bonds is 20. The van der Waals surface area contributed by atoms with Crippen molar-refractivity contribution in [3.05, 3.63) is 42.5 Å². The molecule has 190 valence electrons. The third kappa shape index (κ3) is 13.4. The van der Waals surface area contributed by atoms with Crippen molar-refractivity contribution >= 4 is 11.4 Å². The quantitative estimate of drug-likeness (QED) is 0.150.